The summed E-state index contributed by atoms with van der Waals surface area (Å²) in [5.74, 6) is 0. The van der Waals surface area contributed by atoms with E-state index in [2.05, 4.69) is 4.98 Å². The summed E-state index contributed by atoms with van der Waals surface area (Å²) in [4.78, 5) is 4.41. The number of pyridine rings is 1. The number of hydrogen-bond acceptors (Lipinski definition) is 2. The summed E-state index contributed by atoms with van der Waals surface area (Å²) in [6.07, 6.45) is 1.69. The molecule has 70 valence electrons. The summed E-state index contributed by atoms with van der Waals surface area (Å²) < 4.78 is 0. The second-order valence-electron chi connectivity index (χ2n) is 2.89. The molecule has 14 heavy (non-hydrogen) atoms. The van der Waals surface area contributed by atoms with Gasteiger partial charge in [0.2, 0.25) is 0 Å². The van der Waals surface area contributed by atoms with Crippen LogP contribution in [0.15, 0.2) is 30.5 Å². The Labute approximate surface area is 91.7 Å². The van der Waals surface area contributed by atoms with Gasteiger partial charge in [-0.05, 0) is 23.6 Å². The van der Waals surface area contributed by atoms with Crippen molar-refractivity contribution in [2.75, 3.05) is 0 Å². The molecule has 0 aliphatic rings. The Morgan fingerprint density at radius 2 is 2.14 bits per heavy atom. The molecular formula is C10H7ClN2S. The maximum atomic E-state index is 5.88. The largest absolute Gasteiger partial charge is 0.388 e. The van der Waals surface area contributed by atoms with Gasteiger partial charge in [-0.15, -0.1) is 0 Å². The van der Waals surface area contributed by atoms with E-state index < -0.39 is 0 Å². The first-order valence-electron chi connectivity index (χ1n) is 4.02. The van der Waals surface area contributed by atoms with E-state index in [-0.39, 0.29) is 4.99 Å². The quantitative estimate of drug-likeness (QED) is 0.754. The maximum Gasteiger partial charge on any atom is 0.123 e. The monoisotopic (exact) mass is 222 g/mol. The predicted molar refractivity (Wildman–Crippen MR) is 62.6 cm³/mol. The minimum atomic E-state index is 0.290. The van der Waals surface area contributed by atoms with Gasteiger partial charge in [0.25, 0.3) is 0 Å². The molecule has 2 N–H and O–H groups in total. The number of nitrogens with zero attached hydrogens (tertiary/aromatic N) is 1. The summed E-state index contributed by atoms with van der Waals surface area (Å²) in [5.41, 5.74) is 6.18. The lowest BCUT2D eigenvalue weighted by Gasteiger charge is -2.03. The van der Waals surface area contributed by atoms with E-state index in [4.69, 9.17) is 29.6 Å². The minimum Gasteiger partial charge on any atom is -0.388 e. The van der Waals surface area contributed by atoms with Crippen LogP contribution >= 0.6 is 23.8 Å². The zero-order valence-electron chi connectivity index (χ0n) is 7.20. The third kappa shape index (κ3) is 1.56. The van der Waals surface area contributed by atoms with Crippen molar-refractivity contribution in [1.29, 1.82) is 0 Å². The number of hydrogen-bond donors (Lipinski definition) is 1. The molecular weight excluding hydrogens is 216 g/mol. The standard InChI is InChI=1S/C10H7ClN2S/c11-7-2-1-6-3-4-13-9(10(12)14)8(6)5-7/h1-5H,(H2,12,14). The Morgan fingerprint density at radius 1 is 1.36 bits per heavy atom. The van der Waals surface area contributed by atoms with E-state index in [0.717, 1.165) is 10.8 Å². The van der Waals surface area contributed by atoms with Crippen LogP contribution in [0.4, 0.5) is 0 Å². The van der Waals surface area contributed by atoms with Gasteiger partial charge >= 0.3 is 0 Å². The van der Waals surface area contributed by atoms with Gasteiger partial charge < -0.3 is 5.73 Å². The van der Waals surface area contributed by atoms with Gasteiger partial charge in [-0.25, -0.2) is 0 Å². The van der Waals surface area contributed by atoms with E-state index in [0.29, 0.717) is 10.7 Å². The molecule has 0 bridgehead atoms. The Kier molecular flexibility index (Phi) is 2.35. The zero-order valence-corrected chi connectivity index (χ0v) is 8.77. The molecule has 1 aromatic carbocycles. The summed E-state index contributed by atoms with van der Waals surface area (Å²) in [6.45, 7) is 0. The summed E-state index contributed by atoms with van der Waals surface area (Å²) >= 11 is 10.8. The van der Waals surface area contributed by atoms with Gasteiger partial charge in [-0.3, -0.25) is 4.98 Å². The van der Waals surface area contributed by atoms with Crippen molar-refractivity contribution in [3.8, 4) is 0 Å². The molecule has 0 amide bonds. The number of halogens is 1. The molecule has 1 aromatic heterocycles. The fourth-order valence-electron chi connectivity index (χ4n) is 1.34. The summed E-state index contributed by atoms with van der Waals surface area (Å²) in [5, 5.41) is 2.59. The van der Waals surface area contributed by atoms with Gasteiger partial charge in [0, 0.05) is 16.6 Å². The van der Waals surface area contributed by atoms with Crippen LogP contribution in [0.25, 0.3) is 10.8 Å². The van der Waals surface area contributed by atoms with Gasteiger partial charge in [-0.1, -0.05) is 29.9 Å². The zero-order chi connectivity index (χ0) is 10.1. The Morgan fingerprint density at radius 3 is 2.86 bits per heavy atom. The van der Waals surface area contributed by atoms with Crippen molar-refractivity contribution in [3.05, 3.63) is 41.2 Å². The molecule has 2 nitrogen and oxygen atoms in total. The van der Waals surface area contributed by atoms with Gasteiger partial charge in [0.15, 0.2) is 0 Å². The summed E-state index contributed by atoms with van der Waals surface area (Å²) in [7, 11) is 0. The molecule has 2 aromatic rings. The molecule has 0 spiro atoms. The second kappa shape index (κ2) is 3.52. The van der Waals surface area contributed by atoms with Crippen molar-refractivity contribution in [2.45, 2.75) is 0 Å². The maximum absolute atomic E-state index is 5.88. The number of fused-ring (bicyclic) bond motifs is 1. The van der Waals surface area contributed by atoms with Crippen molar-refractivity contribution >= 4 is 39.6 Å². The Hall–Kier alpha value is -1.19. The fourth-order valence-corrected chi connectivity index (χ4v) is 1.67. The Balaban J connectivity index is 2.84. The molecule has 0 aliphatic heterocycles. The van der Waals surface area contributed by atoms with E-state index in [1.165, 1.54) is 0 Å². The van der Waals surface area contributed by atoms with Crippen LogP contribution in [-0.2, 0) is 0 Å². The highest BCUT2D eigenvalue weighted by Gasteiger charge is 2.04. The first-order valence-corrected chi connectivity index (χ1v) is 4.81. The first kappa shape index (κ1) is 9.37. The molecule has 0 radical (unpaired) electrons. The normalized spacial score (nSPS) is 10.4. The lowest BCUT2D eigenvalue weighted by Crippen LogP contribution is -2.11. The van der Waals surface area contributed by atoms with Crippen molar-refractivity contribution < 1.29 is 0 Å². The predicted octanol–water partition coefficient (Wildman–Crippen LogP) is 2.52. The SMILES string of the molecule is NC(=S)c1nccc2ccc(Cl)cc12. The number of benzene rings is 1. The molecule has 2 rings (SSSR count). The lowest BCUT2D eigenvalue weighted by molar-refractivity contribution is 1.33. The number of thiocarbonyl (C=S) groups is 1. The highest BCUT2D eigenvalue weighted by atomic mass is 35.5. The van der Waals surface area contributed by atoms with Crippen molar-refractivity contribution in [3.63, 3.8) is 0 Å². The van der Waals surface area contributed by atoms with Gasteiger partial charge in [-0.2, -0.15) is 0 Å². The topological polar surface area (TPSA) is 38.9 Å². The molecule has 0 saturated heterocycles. The van der Waals surface area contributed by atoms with Crippen LogP contribution in [-0.4, -0.2) is 9.97 Å². The van der Waals surface area contributed by atoms with Crippen LogP contribution in [0.3, 0.4) is 0 Å². The van der Waals surface area contributed by atoms with Crippen LogP contribution in [0.2, 0.25) is 5.02 Å². The minimum absolute atomic E-state index is 0.290. The highest BCUT2D eigenvalue weighted by Crippen LogP contribution is 2.21. The third-order valence-corrected chi connectivity index (χ3v) is 2.39. The van der Waals surface area contributed by atoms with Crippen LogP contribution in [0, 0.1) is 0 Å². The molecule has 0 atom stereocenters. The molecule has 0 fully saturated rings. The molecule has 0 aliphatic carbocycles. The second-order valence-corrected chi connectivity index (χ2v) is 3.77. The van der Waals surface area contributed by atoms with E-state index >= 15 is 0 Å². The van der Waals surface area contributed by atoms with E-state index in [1.54, 1.807) is 6.20 Å². The smallest absolute Gasteiger partial charge is 0.123 e. The van der Waals surface area contributed by atoms with Gasteiger partial charge in [0.1, 0.15) is 10.7 Å². The third-order valence-electron chi connectivity index (χ3n) is 1.96. The fraction of sp³-hybridized carbons (Fsp3) is 0. The number of nitrogens with two attached hydrogens (primary N) is 1. The number of rotatable bonds is 1. The average Bonchev–Trinajstić information content (AvgIpc) is 2.16. The average molecular weight is 223 g/mol. The molecule has 1 heterocycles. The van der Waals surface area contributed by atoms with E-state index in [9.17, 15) is 0 Å². The van der Waals surface area contributed by atoms with E-state index in [1.807, 2.05) is 24.3 Å². The van der Waals surface area contributed by atoms with Crippen molar-refractivity contribution in [1.82, 2.24) is 4.98 Å². The summed E-state index contributed by atoms with van der Waals surface area (Å²) in [6, 6.07) is 7.46. The van der Waals surface area contributed by atoms with Crippen LogP contribution in [0.1, 0.15) is 5.69 Å². The molecule has 0 unspecified atom stereocenters. The lowest BCUT2D eigenvalue weighted by atomic mass is 10.1. The molecule has 4 heteroatoms. The van der Waals surface area contributed by atoms with Crippen LogP contribution < -0.4 is 5.73 Å². The highest BCUT2D eigenvalue weighted by molar-refractivity contribution is 7.80. The van der Waals surface area contributed by atoms with Crippen LogP contribution in [0.5, 0.6) is 0 Å². The Bertz CT molecular complexity index is 510. The number of aromatic nitrogens is 1. The molecule has 0 saturated carbocycles. The van der Waals surface area contributed by atoms with Gasteiger partial charge in [0.05, 0.1) is 0 Å². The first-order chi connectivity index (χ1) is 6.68. The van der Waals surface area contributed by atoms with Crippen molar-refractivity contribution in [2.24, 2.45) is 5.73 Å².